The minimum atomic E-state index is -3.33. The van der Waals surface area contributed by atoms with Crippen molar-refractivity contribution in [1.82, 2.24) is 4.72 Å². The molecule has 18 heavy (non-hydrogen) atoms. The third-order valence-electron chi connectivity index (χ3n) is 3.80. The lowest BCUT2D eigenvalue weighted by Gasteiger charge is -2.32. The first-order chi connectivity index (χ1) is 8.47. The smallest absolute Gasteiger partial charge is 0.214 e. The lowest BCUT2D eigenvalue weighted by molar-refractivity contribution is 0.0302. The van der Waals surface area contributed by atoms with Crippen LogP contribution in [0.1, 0.15) is 46.0 Å². The maximum atomic E-state index is 12.1. The number of nitrogens with two attached hydrogens (primary N) is 1. The van der Waals surface area contributed by atoms with E-state index in [1.807, 2.05) is 13.8 Å². The highest BCUT2D eigenvalue weighted by Crippen LogP contribution is 2.18. The van der Waals surface area contributed by atoms with Crippen LogP contribution in [0.25, 0.3) is 0 Å². The molecule has 1 unspecified atom stereocenters. The lowest BCUT2D eigenvalue weighted by Crippen LogP contribution is -2.54. The van der Waals surface area contributed by atoms with Crippen molar-refractivity contribution in [3.63, 3.8) is 0 Å². The molecule has 0 spiro atoms. The summed E-state index contributed by atoms with van der Waals surface area (Å²) in [5, 5.41) is 0. The molecule has 0 bridgehead atoms. The Balaban J connectivity index is 2.62. The molecule has 1 aliphatic heterocycles. The predicted molar refractivity (Wildman–Crippen MR) is 72.9 cm³/mol. The van der Waals surface area contributed by atoms with Gasteiger partial charge in [-0.2, -0.15) is 0 Å². The standard InChI is InChI=1S/C12H26N2O3S/c1-3-12(4-2,10-13)14-18(15,16)9-11-7-5-6-8-17-11/h11,14H,3-10,13H2,1-2H3. The predicted octanol–water partition coefficient (Wildman–Crippen LogP) is 0.992. The summed E-state index contributed by atoms with van der Waals surface area (Å²) in [5.41, 5.74) is 5.20. The second-order valence-electron chi connectivity index (χ2n) is 5.06. The molecule has 6 heteroatoms. The van der Waals surface area contributed by atoms with Gasteiger partial charge >= 0.3 is 0 Å². The Hall–Kier alpha value is -0.170. The minimum absolute atomic E-state index is 0.0503. The van der Waals surface area contributed by atoms with E-state index in [4.69, 9.17) is 10.5 Å². The summed E-state index contributed by atoms with van der Waals surface area (Å²) in [6.07, 6.45) is 4.13. The third kappa shape index (κ3) is 4.50. The maximum absolute atomic E-state index is 12.1. The number of ether oxygens (including phenoxy) is 1. The summed E-state index contributed by atoms with van der Waals surface area (Å²) >= 11 is 0. The van der Waals surface area contributed by atoms with Crippen molar-refractivity contribution in [3.8, 4) is 0 Å². The van der Waals surface area contributed by atoms with Gasteiger partial charge in [0.05, 0.1) is 11.9 Å². The van der Waals surface area contributed by atoms with Crippen LogP contribution in [0.2, 0.25) is 0 Å². The first-order valence-electron chi connectivity index (χ1n) is 6.80. The number of hydrogen-bond acceptors (Lipinski definition) is 4. The second kappa shape index (κ2) is 6.84. The van der Waals surface area contributed by atoms with Crippen LogP contribution in [0.3, 0.4) is 0 Å². The number of nitrogens with one attached hydrogen (secondary N) is 1. The van der Waals surface area contributed by atoms with E-state index in [2.05, 4.69) is 4.72 Å². The van der Waals surface area contributed by atoms with E-state index in [-0.39, 0.29) is 11.9 Å². The molecule has 0 aromatic rings. The molecule has 0 saturated carbocycles. The first-order valence-corrected chi connectivity index (χ1v) is 8.45. The molecular formula is C12H26N2O3S. The summed E-state index contributed by atoms with van der Waals surface area (Å²) < 4.78 is 32.5. The second-order valence-corrected chi connectivity index (χ2v) is 6.83. The van der Waals surface area contributed by atoms with Gasteiger partial charge in [-0.15, -0.1) is 0 Å². The molecule has 3 N–H and O–H groups in total. The van der Waals surface area contributed by atoms with Gasteiger partial charge in [-0.05, 0) is 32.1 Å². The average Bonchev–Trinajstić information content (AvgIpc) is 2.37. The molecule has 1 aliphatic rings. The Labute approximate surface area is 111 Å². The van der Waals surface area contributed by atoms with Crippen molar-refractivity contribution in [1.29, 1.82) is 0 Å². The van der Waals surface area contributed by atoms with Gasteiger partial charge in [0.15, 0.2) is 0 Å². The fraction of sp³-hybridized carbons (Fsp3) is 1.00. The quantitative estimate of drug-likeness (QED) is 0.727. The zero-order chi connectivity index (χ0) is 13.6. The van der Waals surface area contributed by atoms with Gasteiger partial charge in [0.1, 0.15) is 0 Å². The monoisotopic (exact) mass is 278 g/mol. The van der Waals surface area contributed by atoms with Crippen LogP contribution in [0.5, 0.6) is 0 Å². The van der Waals surface area contributed by atoms with Gasteiger partial charge < -0.3 is 10.5 Å². The van der Waals surface area contributed by atoms with E-state index in [0.717, 1.165) is 19.3 Å². The molecule has 1 saturated heterocycles. The van der Waals surface area contributed by atoms with E-state index in [1.165, 1.54) is 0 Å². The fourth-order valence-electron chi connectivity index (χ4n) is 2.28. The Morgan fingerprint density at radius 2 is 2.00 bits per heavy atom. The van der Waals surface area contributed by atoms with E-state index in [9.17, 15) is 8.42 Å². The van der Waals surface area contributed by atoms with Crippen LogP contribution in [-0.4, -0.2) is 39.0 Å². The molecule has 0 aromatic carbocycles. The zero-order valence-corrected chi connectivity index (χ0v) is 12.3. The molecule has 108 valence electrons. The van der Waals surface area contributed by atoms with Crippen molar-refractivity contribution in [2.24, 2.45) is 5.73 Å². The van der Waals surface area contributed by atoms with Crippen molar-refractivity contribution in [2.75, 3.05) is 18.9 Å². The summed E-state index contributed by atoms with van der Waals surface area (Å²) in [5.74, 6) is 0.0503. The summed E-state index contributed by atoms with van der Waals surface area (Å²) in [6.45, 7) is 4.90. The third-order valence-corrected chi connectivity index (χ3v) is 5.35. The fourth-order valence-corrected chi connectivity index (χ4v) is 4.15. The molecule has 1 atom stereocenters. The van der Waals surface area contributed by atoms with Gasteiger partial charge in [0.2, 0.25) is 10.0 Å². The van der Waals surface area contributed by atoms with Crippen LogP contribution in [0, 0.1) is 0 Å². The molecule has 1 heterocycles. The van der Waals surface area contributed by atoms with E-state index < -0.39 is 15.6 Å². The van der Waals surface area contributed by atoms with Crippen molar-refractivity contribution in [2.45, 2.75) is 57.6 Å². The lowest BCUT2D eigenvalue weighted by atomic mass is 9.95. The Kier molecular flexibility index (Phi) is 6.04. The molecule has 5 nitrogen and oxygen atoms in total. The average molecular weight is 278 g/mol. The highest BCUT2D eigenvalue weighted by atomic mass is 32.2. The molecule has 1 rings (SSSR count). The SMILES string of the molecule is CCC(CC)(CN)NS(=O)(=O)CC1CCCCO1. The normalized spacial score (nSPS) is 22.1. The highest BCUT2D eigenvalue weighted by Gasteiger charge is 2.31. The van der Waals surface area contributed by atoms with Gasteiger partial charge in [-0.3, -0.25) is 0 Å². The Morgan fingerprint density at radius 1 is 1.33 bits per heavy atom. The van der Waals surface area contributed by atoms with Gasteiger partial charge in [0.25, 0.3) is 0 Å². The Morgan fingerprint density at radius 3 is 2.44 bits per heavy atom. The molecule has 1 fully saturated rings. The van der Waals surface area contributed by atoms with Gasteiger partial charge in [0, 0.05) is 18.7 Å². The van der Waals surface area contributed by atoms with Gasteiger partial charge in [-0.1, -0.05) is 13.8 Å². The van der Waals surface area contributed by atoms with Crippen LogP contribution in [0.15, 0.2) is 0 Å². The summed E-state index contributed by atoms with van der Waals surface area (Å²) in [6, 6.07) is 0. The van der Waals surface area contributed by atoms with Crippen molar-refractivity contribution >= 4 is 10.0 Å². The number of rotatable bonds is 7. The molecule has 0 aromatic heterocycles. The maximum Gasteiger partial charge on any atom is 0.214 e. The molecular weight excluding hydrogens is 252 g/mol. The largest absolute Gasteiger partial charge is 0.377 e. The molecule has 0 aliphatic carbocycles. The summed E-state index contributed by atoms with van der Waals surface area (Å²) in [7, 11) is -3.33. The van der Waals surface area contributed by atoms with Crippen molar-refractivity contribution in [3.05, 3.63) is 0 Å². The van der Waals surface area contributed by atoms with E-state index >= 15 is 0 Å². The van der Waals surface area contributed by atoms with Crippen LogP contribution in [0.4, 0.5) is 0 Å². The molecule has 0 radical (unpaired) electrons. The van der Waals surface area contributed by atoms with Crippen molar-refractivity contribution < 1.29 is 13.2 Å². The summed E-state index contributed by atoms with van der Waals surface area (Å²) in [4.78, 5) is 0. The molecule has 0 amide bonds. The zero-order valence-electron chi connectivity index (χ0n) is 11.4. The van der Waals surface area contributed by atoms with E-state index in [0.29, 0.717) is 26.0 Å². The van der Waals surface area contributed by atoms with Crippen LogP contribution >= 0.6 is 0 Å². The minimum Gasteiger partial charge on any atom is -0.377 e. The van der Waals surface area contributed by atoms with Crippen LogP contribution in [-0.2, 0) is 14.8 Å². The number of hydrogen-bond donors (Lipinski definition) is 2. The Bertz CT molecular complexity index is 325. The number of sulfonamides is 1. The highest BCUT2D eigenvalue weighted by molar-refractivity contribution is 7.89. The van der Waals surface area contributed by atoms with E-state index in [1.54, 1.807) is 0 Å². The topological polar surface area (TPSA) is 81.4 Å². The first kappa shape index (κ1) is 15.9. The van der Waals surface area contributed by atoms with Crippen LogP contribution < -0.4 is 10.5 Å². The van der Waals surface area contributed by atoms with Gasteiger partial charge in [-0.25, -0.2) is 13.1 Å².